The van der Waals surface area contributed by atoms with E-state index in [2.05, 4.69) is 44.6 Å². The van der Waals surface area contributed by atoms with Crippen LogP contribution in [0.25, 0.3) is 10.6 Å². The number of hydrogen-bond donors (Lipinski definition) is 0. The van der Waals surface area contributed by atoms with Crippen molar-refractivity contribution in [1.82, 2.24) is 24.6 Å². The topological polar surface area (TPSA) is 46.8 Å². The molecule has 4 rings (SSSR count). The van der Waals surface area contributed by atoms with Crippen LogP contribution in [-0.4, -0.2) is 37.7 Å². The van der Waals surface area contributed by atoms with Crippen LogP contribution in [0.5, 0.6) is 0 Å². The first-order chi connectivity index (χ1) is 11.9. The molecule has 1 aliphatic rings. The molecule has 24 heavy (non-hydrogen) atoms. The predicted molar refractivity (Wildman–Crippen MR) is 95.6 cm³/mol. The standard InChI is InChI=1S/C18H21N5S/c1-2-6-16(7-3-1)18-21-17(12-24-18)11-22-8-4-5-15(9-22)10-23-14-19-13-20-23/h1-3,6-7,12-15H,4-5,8-11H2/t15-/m0/s1. The van der Waals surface area contributed by atoms with Crippen molar-refractivity contribution < 1.29 is 0 Å². The van der Waals surface area contributed by atoms with Crippen LogP contribution < -0.4 is 0 Å². The predicted octanol–water partition coefficient (Wildman–Crippen LogP) is 3.31. The molecule has 0 unspecified atom stereocenters. The molecule has 6 heteroatoms. The Bertz CT molecular complexity index is 753. The molecule has 5 nitrogen and oxygen atoms in total. The zero-order valence-electron chi connectivity index (χ0n) is 13.6. The highest BCUT2D eigenvalue weighted by Crippen LogP contribution is 2.25. The fourth-order valence-electron chi connectivity index (χ4n) is 3.36. The van der Waals surface area contributed by atoms with Gasteiger partial charge in [-0.15, -0.1) is 11.3 Å². The van der Waals surface area contributed by atoms with Crippen LogP contribution in [0.3, 0.4) is 0 Å². The SMILES string of the molecule is c1ccc(-c2nc(CN3CCC[C@H](Cn4cncn4)C3)cs2)cc1. The summed E-state index contributed by atoms with van der Waals surface area (Å²) in [6, 6.07) is 10.4. The number of likely N-dealkylation sites (tertiary alicyclic amines) is 1. The van der Waals surface area contributed by atoms with Crippen molar-refractivity contribution in [2.45, 2.75) is 25.9 Å². The third kappa shape index (κ3) is 3.71. The molecule has 1 aromatic carbocycles. The van der Waals surface area contributed by atoms with Gasteiger partial charge in [-0.1, -0.05) is 30.3 Å². The zero-order valence-corrected chi connectivity index (χ0v) is 14.4. The van der Waals surface area contributed by atoms with E-state index in [9.17, 15) is 0 Å². The van der Waals surface area contributed by atoms with E-state index in [0.29, 0.717) is 5.92 Å². The number of hydrogen-bond acceptors (Lipinski definition) is 5. The van der Waals surface area contributed by atoms with Gasteiger partial charge in [0, 0.05) is 30.6 Å². The molecule has 0 radical (unpaired) electrons. The lowest BCUT2D eigenvalue weighted by molar-refractivity contribution is 0.152. The summed E-state index contributed by atoms with van der Waals surface area (Å²) in [5.74, 6) is 0.646. The van der Waals surface area contributed by atoms with Crippen molar-refractivity contribution in [2.75, 3.05) is 13.1 Å². The molecule has 1 atom stereocenters. The summed E-state index contributed by atoms with van der Waals surface area (Å²) in [6.45, 7) is 4.17. The fraction of sp³-hybridized carbons (Fsp3) is 0.389. The smallest absolute Gasteiger partial charge is 0.137 e. The van der Waals surface area contributed by atoms with Crippen molar-refractivity contribution in [3.63, 3.8) is 0 Å². The van der Waals surface area contributed by atoms with Crippen molar-refractivity contribution >= 4 is 11.3 Å². The lowest BCUT2D eigenvalue weighted by Gasteiger charge is -2.32. The highest BCUT2D eigenvalue weighted by Gasteiger charge is 2.21. The molecule has 0 amide bonds. The molecule has 1 saturated heterocycles. The Hall–Kier alpha value is -2.05. The average molecular weight is 339 g/mol. The van der Waals surface area contributed by atoms with Crippen LogP contribution in [0, 0.1) is 5.92 Å². The molecular formula is C18H21N5S. The summed E-state index contributed by atoms with van der Waals surface area (Å²) in [6.07, 6.45) is 5.93. The molecule has 3 heterocycles. The highest BCUT2D eigenvalue weighted by atomic mass is 32.1. The maximum atomic E-state index is 4.82. The lowest BCUT2D eigenvalue weighted by atomic mass is 9.98. The Balaban J connectivity index is 1.37. The van der Waals surface area contributed by atoms with Crippen LogP contribution in [0.2, 0.25) is 0 Å². The minimum absolute atomic E-state index is 0.646. The van der Waals surface area contributed by atoms with Crippen LogP contribution in [-0.2, 0) is 13.1 Å². The molecule has 0 spiro atoms. The van der Waals surface area contributed by atoms with Crippen molar-refractivity contribution in [3.8, 4) is 10.6 Å². The van der Waals surface area contributed by atoms with Gasteiger partial charge < -0.3 is 0 Å². The van der Waals surface area contributed by atoms with Gasteiger partial charge in [-0.05, 0) is 25.3 Å². The second kappa shape index (κ2) is 7.23. The normalized spacial score (nSPS) is 18.8. The number of thiazole rings is 1. The van der Waals surface area contributed by atoms with E-state index >= 15 is 0 Å². The number of benzene rings is 1. The molecule has 0 bridgehead atoms. The Morgan fingerprint density at radius 1 is 1.21 bits per heavy atom. The van der Waals surface area contributed by atoms with Gasteiger partial charge in [0.2, 0.25) is 0 Å². The Morgan fingerprint density at radius 3 is 2.96 bits per heavy atom. The van der Waals surface area contributed by atoms with E-state index < -0.39 is 0 Å². The summed E-state index contributed by atoms with van der Waals surface area (Å²) in [4.78, 5) is 11.4. The third-order valence-corrected chi connectivity index (χ3v) is 5.41. The van der Waals surface area contributed by atoms with E-state index in [1.54, 1.807) is 17.7 Å². The number of rotatable bonds is 5. The fourth-order valence-corrected chi connectivity index (χ4v) is 4.17. The van der Waals surface area contributed by atoms with E-state index in [0.717, 1.165) is 31.2 Å². The first-order valence-corrected chi connectivity index (χ1v) is 9.29. The summed E-state index contributed by atoms with van der Waals surface area (Å²) >= 11 is 1.74. The molecular weight excluding hydrogens is 318 g/mol. The van der Waals surface area contributed by atoms with Crippen molar-refractivity contribution in [1.29, 1.82) is 0 Å². The van der Waals surface area contributed by atoms with E-state index in [-0.39, 0.29) is 0 Å². The zero-order chi connectivity index (χ0) is 16.2. The maximum absolute atomic E-state index is 4.82. The molecule has 1 aliphatic heterocycles. The minimum Gasteiger partial charge on any atom is -0.297 e. The molecule has 0 N–H and O–H groups in total. The first-order valence-electron chi connectivity index (χ1n) is 8.41. The van der Waals surface area contributed by atoms with Gasteiger partial charge in [-0.3, -0.25) is 9.58 Å². The second-order valence-electron chi connectivity index (χ2n) is 6.37. The van der Waals surface area contributed by atoms with Gasteiger partial charge in [0.25, 0.3) is 0 Å². The largest absolute Gasteiger partial charge is 0.297 e. The molecule has 1 fully saturated rings. The van der Waals surface area contributed by atoms with Crippen LogP contribution in [0.15, 0.2) is 48.4 Å². The number of nitrogens with zero attached hydrogens (tertiary/aromatic N) is 5. The lowest BCUT2D eigenvalue weighted by Crippen LogP contribution is -2.36. The van der Waals surface area contributed by atoms with Crippen LogP contribution in [0.1, 0.15) is 18.5 Å². The average Bonchev–Trinajstić information content (AvgIpc) is 3.28. The quantitative estimate of drug-likeness (QED) is 0.715. The van der Waals surface area contributed by atoms with Crippen LogP contribution in [0.4, 0.5) is 0 Å². The van der Waals surface area contributed by atoms with Crippen molar-refractivity contribution in [2.24, 2.45) is 5.92 Å². The Kier molecular flexibility index (Phi) is 4.66. The summed E-state index contributed by atoms with van der Waals surface area (Å²) < 4.78 is 1.95. The van der Waals surface area contributed by atoms with Gasteiger partial charge in [-0.2, -0.15) is 5.10 Å². The molecule has 0 saturated carbocycles. The summed E-state index contributed by atoms with van der Waals surface area (Å²) in [5.41, 5.74) is 2.39. The van der Waals surface area contributed by atoms with Gasteiger partial charge in [0.15, 0.2) is 0 Å². The summed E-state index contributed by atoms with van der Waals surface area (Å²) in [7, 11) is 0. The molecule has 124 valence electrons. The van der Waals surface area contributed by atoms with Gasteiger partial charge in [0.05, 0.1) is 5.69 Å². The Labute approximate surface area is 146 Å². The third-order valence-electron chi connectivity index (χ3n) is 4.47. The minimum atomic E-state index is 0.646. The number of aromatic nitrogens is 4. The van der Waals surface area contributed by atoms with Gasteiger partial charge >= 0.3 is 0 Å². The summed E-state index contributed by atoms with van der Waals surface area (Å²) in [5, 5.41) is 7.54. The van der Waals surface area contributed by atoms with E-state index in [1.807, 2.05) is 17.1 Å². The monoisotopic (exact) mass is 339 g/mol. The maximum Gasteiger partial charge on any atom is 0.137 e. The van der Waals surface area contributed by atoms with Gasteiger partial charge in [0.1, 0.15) is 17.7 Å². The van der Waals surface area contributed by atoms with E-state index in [1.165, 1.54) is 24.1 Å². The number of piperidine rings is 1. The molecule has 2 aromatic heterocycles. The molecule has 0 aliphatic carbocycles. The van der Waals surface area contributed by atoms with Crippen molar-refractivity contribution in [3.05, 3.63) is 54.1 Å². The first kappa shape index (κ1) is 15.5. The molecule has 3 aromatic rings. The highest BCUT2D eigenvalue weighted by molar-refractivity contribution is 7.13. The van der Waals surface area contributed by atoms with E-state index in [4.69, 9.17) is 4.98 Å². The van der Waals surface area contributed by atoms with Gasteiger partial charge in [-0.25, -0.2) is 9.97 Å². The Morgan fingerprint density at radius 2 is 2.12 bits per heavy atom. The second-order valence-corrected chi connectivity index (χ2v) is 7.23. The van der Waals surface area contributed by atoms with Crippen LogP contribution >= 0.6 is 11.3 Å².